The van der Waals surface area contributed by atoms with Gasteiger partial charge in [0.25, 0.3) is 0 Å². The summed E-state index contributed by atoms with van der Waals surface area (Å²) >= 11 is 0. The molecule has 5 nitrogen and oxygen atoms in total. The van der Waals surface area contributed by atoms with Gasteiger partial charge in [0.1, 0.15) is 5.56 Å². The first-order valence-electron chi connectivity index (χ1n) is 7.90. The highest BCUT2D eigenvalue weighted by molar-refractivity contribution is 5.95. The standard InChI is InChI=1S/C17H23N3O2/c1-12(2)19-9-6-13(7-10-19)15-11-20-8-4-5-14(16(20)18-15)17(21)22-3/h4-5,8,11-13H,6-7,9-10H2,1-3H3. The molecule has 0 bridgehead atoms. The number of nitrogens with zero attached hydrogens (tertiary/aromatic N) is 3. The van der Waals surface area contributed by atoms with Gasteiger partial charge in [0.2, 0.25) is 0 Å². The molecule has 3 heterocycles. The lowest BCUT2D eigenvalue weighted by atomic mass is 9.93. The summed E-state index contributed by atoms with van der Waals surface area (Å²) in [6.45, 7) is 6.71. The molecule has 2 aromatic heterocycles. The zero-order valence-corrected chi connectivity index (χ0v) is 13.5. The van der Waals surface area contributed by atoms with Gasteiger partial charge >= 0.3 is 5.97 Å². The van der Waals surface area contributed by atoms with Crippen LogP contribution in [0.4, 0.5) is 0 Å². The van der Waals surface area contributed by atoms with Crippen molar-refractivity contribution in [1.29, 1.82) is 0 Å². The molecule has 0 unspecified atom stereocenters. The van der Waals surface area contributed by atoms with Crippen molar-refractivity contribution in [1.82, 2.24) is 14.3 Å². The molecule has 5 heteroatoms. The number of likely N-dealkylation sites (tertiary alicyclic amines) is 1. The van der Waals surface area contributed by atoms with Gasteiger partial charge in [0.15, 0.2) is 5.65 Å². The summed E-state index contributed by atoms with van der Waals surface area (Å²) in [5.74, 6) is 0.137. The maximum absolute atomic E-state index is 11.8. The van der Waals surface area contributed by atoms with E-state index in [1.807, 2.05) is 16.7 Å². The normalized spacial score (nSPS) is 17.3. The van der Waals surface area contributed by atoms with Crippen molar-refractivity contribution in [3.8, 4) is 0 Å². The minimum Gasteiger partial charge on any atom is -0.465 e. The Hall–Kier alpha value is -1.88. The second-order valence-electron chi connectivity index (χ2n) is 6.21. The van der Waals surface area contributed by atoms with Crippen LogP contribution in [0.25, 0.3) is 5.65 Å². The van der Waals surface area contributed by atoms with Gasteiger partial charge in [0, 0.05) is 24.4 Å². The molecule has 3 rings (SSSR count). The highest BCUT2D eigenvalue weighted by atomic mass is 16.5. The molecule has 1 fully saturated rings. The molecular weight excluding hydrogens is 278 g/mol. The van der Waals surface area contributed by atoms with Crippen LogP contribution in [0, 0.1) is 0 Å². The van der Waals surface area contributed by atoms with Crippen LogP contribution in [0.3, 0.4) is 0 Å². The largest absolute Gasteiger partial charge is 0.465 e. The Morgan fingerprint density at radius 1 is 1.36 bits per heavy atom. The maximum atomic E-state index is 11.8. The van der Waals surface area contributed by atoms with Crippen molar-refractivity contribution < 1.29 is 9.53 Å². The second-order valence-corrected chi connectivity index (χ2v) is 6.21. The molecule has 0 atom stereocenters. The summed E-state index contributed by atoms with van der Waals surface area (Å²) in [7, 11) is 1.40. The zero-order valence-electron chi connectivity index (χ0n) is 13.5. The number of hydrogen-bond acceptors (Lipinski definition) is 4. The SMILES string of the molecule is COC(=O)c1cccn2cc(C3CCN(C(C)C)CC3)nc12. The Morgan fingerprint density at radius 3 is 2.73 bits per heavy atom. The van der Waals surface area contributed by atoms with Gasteiger partial charge in [-0.05, 0) is 51.9 Å². The van der Waals surface area contributed by atoms with Gasteiger partial charge in [-0.15, -0.1) is 0 Å². The van der Waals surface area contributed by atoms with Crippen LogP contribution in [0.2, 0.25) is 0 Å². The summed E-state index contributed by atoms with van der Waals surface area (Å²) in [6, 6.07) is 4.22. The minimum absolute atomic E-state index is 0.336. The predicted molar refractivity (Wildman–Crippen MR) is 85.2 cm³/mol. The van der Waals surface area contributed by atoms with Gasteiger partial charge < -0.3 is 14.0 Å². The number of imidazole rings is 1. The molecule has 1 aliphatic rings. The molecule has 2 aromatic rings. The van der Waals surface area contributed by atoms with Crippen LogP contribution in [0.5, 0.6) is 0 Å². The molecule has 22 heavy (non-hydrogen) atoms. The highest BCUT2D eigenvalue weighted by Crippen LogP contribution is 2.29. The Balaban J connectivity index is 1.85. The number of ether oxygens (including phenoxy) is 1. The van der Waals surface area contributed by atoms with Crippen molar-refractivity contribution in [2.45, 2.75) is 38.6 Å². The highest BCUT2D eigenvalue weighted by Gasteiger charge is 2.24. The molecule has 0 radical (unpaired) electrons. The topological polar surface area (TPSA) is 46.8 Å². The van der Waals surface area contributed by atoms with Gasteiger partial charge in [-0.25, -0.2) is 9.78 Å². The van der Waals surface area contributed by atoms with Gasteiger partial charge in [0.05, 0.1) is 12.8 Å². The summed E-state index contributed by atoms with van der Waals surface area (Å²) in [5.41, 5.74) is 2.30. The molecular formula is C17H23N3O2. The van der Waals surface area contributed by atoms with E-state index < -0.39 is 0 Å². The molecule has 0 spiro atoms. The number of pyridine rings is 1. The van der Waals surface area contributed by atoms with Gasteiger partial charge in [-0.2, -0.15) is 0 Å². The number of carbonyl (C=O) groups excluding carboxylic acids is 1. The molecule has 0 saturated carbocycles. The van der Waals surface area contributed by atoms with Crippen LogP contribution in [-0.2, 0) is 4.74 Å². The molecule has 0 aromatic carbocycles. The van der Waals surface area contributed by atoms with Crippen molar-refractivity contribution in [2.75, 3.05) is 20.2 Å². The molecule has 0 N–H and O–H groups in total. The number of aromatic nitrogens is 2. The van der Waals surface area contributed by atoms with Crippen LogP contribution < -0.4 is 0 Å². The van der Waals surface area contributed by atoms with Crippen molar-refractivity contribution >= 4 is 11.6 Å². The fourth-order valence-corrected chi connectivity index (χ4v) is 3.21. The van der Waals surface area contributed by atoms with Crippen LogP contribution in [0.1, 0.15) is 48.7 Å². The summed E-state index contributed by atoms with van der Waals surface area (Å²) in [5, 5.41) is 0. The molecule has 0 amide bonds. The van der Waals surface area contributed by atoms with Crippen molar-refractivity contribution in [2.24, 2.45) is 0 Å². The average molecular weight is 301 g/mol. The first-order valence-corrected chi connectivity index (χ1v) is 7.90. The predicted octanol–water partition coefficient (Wildman–Crippen LogP) is 2.71. The monoisotopic (exact) mass is 301 g/mol. The van der Waals surface area contributed by atoms with Crippen LogP contribution in [0.15, 0.2) is 24.5 Å². The van der Waals surface area contributed by atoms with Crippen molar-refractivity contribution in [3.05, 3.63) is 35.8 Å². The smallest absolute Gasteiger partial charge is 0.341 e. The first kappa shape index (κ1) is 15.0. The van der Waals surface area contributed by atoms with E-state index in [0.29, 0.717) is 23.2 Å². The third-order valence-corrected chi connectivity index (χ3v) is 4.58. The Bertz CT molecular complexity index is 670. The molecule has 1 aliphatic heterocycles. The summed E-state index contributed by atoms with van der Waals surface area (Å²) in [4.78, 5) is 19.1. The number of piperidine rings is 1. The third kappa shape index (κ3) is 2.73. The summed E-state index contributed by atoms with van der Waals surface area (Å²) in [6.07, 6.45) is 6.23. The molecule has 118 valence electrons. The summed E-state index contributed by atoms with van der Waals surface area (Å²) < 4.78 is 6.77. The van der Waals surface area contributed by atoms with E-state index in [-0.39, 0.29) is 5.97 Å². The number of rotatable bonds is 3. The van der Waals surface area contributed by atoms with E-state index in [1.54, 1.807) is 6.07 Å². The number of carbonyl (C=O) groups is 1. The first-order chi connectivity index (χ1) is 10.6. The van der Waals surface area contributed by atoms with E-state index in [2.05, 4.69) is 24.9 Å². The lowest BCUT2D eigenvalue weighted by Crippen LogP contribution is -2.37. The van der Waals surface area contributed by atoms with E-state index in [4.69, 9.17) is 9.72 Å². The Morgan fingerprint density at radius 2 is 2.09 bits per heavy atom. The van der Waals surface area contributed by atoms with E-state index in [1.165, 1.54) is 7.11 Å². The second kappa shape index (κ2) is 6.08. The lowest BCUT2D eigenvalue weighted by Gasteiger charge is -2.33. The van der Waals surface area contributed by atoms with Crippen LogP contribution >= 0.6 is 0 Å². The Kier molecular flexibility index (Phi) is 4.16. The van der Waals surface area contributed by atoms with Crippen LogP contribution in [-0.4, -0.2) is 46.5 Å². The maximum Gasteiger partial charge on any atom is 0.341 e. The lowest BCUT2D eigenvalue weighted by molar-refractivity contribution is 0.0602. The minimum atomic E-state index is -0.336. The van der Waals surface area contributed by atoms with Gasteiger partial charge in [-0.3, -0.25) is 0 Å². The molecule has 1 saturated heterocycles. The number of methoxy groups -OCH3 is 1. The quantitative estimate of drug-likeness (QED) is 0.818. The zero-order chi connectivity index (χ0) is 15.7. The van der Waals surface area contributed by atoms with E-state index in [9.17, 15) is 4.79 Å². The van der Waals surface area contributed by atoms with Gasteiger partial charge in [-0.1, -0.05) is 0 Å². The number of hydrogen-bond donors (Lipinski definition) is 0. The number of fused-ring (bicyclic) bond motifs is 1. The fourth-order valence-electron chi connectivity index (χ4n) is 3.21. The van der Waals surface area contributed by atoms with E-state index >= 15 is 0 Å². The average Bonchev–Trinajstić information content (AvgIpc) is 2.98. The fraction of sp³-hybridized carbons (Fsp3) is 0.529. The third-order valence-electron chi connectivity index (χ3n) is 4.58. The molecule has 0 aliphatic carbocycles. The Labute approximate surface area is 130 Å². The van der Waals surface area contributed by atoms with Crippen molar-refractivity contribution in [3.63, 3.8) is 0 Å². The number of esters is 1. The van der Waals surface area contributed by atoms with E-state index in [0.717, 1.165) is 31.6 Å².